The molecule has 0 radical (unpaired) electrons. The molecule has 4 aromatic rings. The summed E-state index contributed by atoms with van der Waals surface area (Å²) in [5.41, 5.74) is 1.26. The predicted octanol–water partition coefficient (Wildman–Crippen LogP) is 5.91. The number of hydrogen-bond acceptors (Lipinski definition) is 6. The highest BCUT2D eigenvalue weighted by molar-refractivity contribution is 5.87. The SMILES string of the molecule is CC(O)N(CCCCc1nc2ccc(C(F)(F)F)cc2[nH]1)C[C@@H]1CC[C@H](n2ccc3c(NC4CC4)ncnc32)C1. The monoisotopic (exact) mass is 555 g/mol. The lowest BCUT2D eigenvalue weighted by atomic mass is 10.1. The average Bonchev–Trinajstić information content (AvgIpc) is 3.28. The van der Waals surface area contributed by atoms with Crippen LogP contribution in [-0.4, -0.2) is 59.9 Å². The van der Waals surface area contributed by atoms with Gasteiger partial charge in [-0.2, -0.15) is 13.2 Å². The molecule has 0 aliphatic heterocycles. The molecule has 0 spiro atoms. The highest BCUT2D eigenvalue weighted by atomic mass is 19.4. The maximum atomic E-state index is 13.0. The predicted molar refractivity (Wildman–Crippen MR) is 148 cm³/mol. The van der Waals surface area contributed by atoms with E-state index in [1.807, 2.05) is 6.92 Å². The van der Waals surface area contributed by atoms with Gasteiger partial charge in [0.15, 0.2) is 0 Å². The van der Waals surface area contributed by atoms with E-state index in [1.54, 1.807) is 6.33 Å². The van der Waals surface area contributed by atoms with Gasteiger partial charge in [0.2, 0.25) is 0 Å². The van der Waals surface area contributed by atoms with Crippen molar-refractivity contribution in [2.24, 2.45) is 5.92 Å². The van der Waals surface area contributed by atoms with E-state index in [9.17, 15) is 18.3 Å². The second kappa shape index (κ2) is 11.0. The topological polar surface area (TPSA) is 94.9 Å². The number of alkyl halides is 3. The van der Waals surface area contributed by atoms with E-state index in [1.165, 1.54) is 18.9 Å². The molecule has 11 heteroatoms. The summed E-state index contributed by atoms with van der Waals surface area (Å²) >= 11 is 0. The summed E-state index contributed by atoms with van der Waals surface area (Å²) in [4.78, 5) is 18.7. The summed E-state index contributed by atoms with van der Waals surface area (Å²) in [7, 11) is 0. The number of imidazole rings is 1. The quantitative estimate of drug-likeness (QED) is 0.157. The zero-order valence-electron chi connectivity index (χ0n) is 22.7. The number of nitrogens with one attached hydrogen (secondary N) is 2. The number of fused-ring (bicyclic) bond motifs is 2. The Bertz CT molecular complexity index is 1460. The van der Waals surface area contributed by atoms with Gasteiger partial charge in [0.05, 0.1) is 22.0 Å². The van der Waals surface area contributed by atoms with Crippen molar-refractivity contribution in [2.75, 3.05) is 18.4 Å². The van der Waals surface area contributed by atoms with Crippen LogP contribution in [-0.2, 0) is 12.6 Å². The third kappa shape index (κ3) is 5.95. The number of H-pyrrole nitrogens is 1. The smallest absolute Gasteiger partial charge is 0.379 e. The number of aliphatic hydroxyl groups is 1. The van der Waals surface area contributed by atoms with Crippen molar-refractivity contribution in [3.05, 3.63) is 48.2 Å². The Morgan fingerprint density at radius 2 is 2.00 bits per heavy atom. The number of rotatable bonds is 11. The van der Waals surface area contributed by atoms with Crippen LogP contribution in [0.1, 0.15) is 69.3 Å². The zero-order valence-corrected chi connectivity index (χ0v) is 22.7. The average molecular weight is 556 g/mol. The van der Waals surface area contributed by atoms with E-state index in [2.05, 4.69) is 47.0 Å². The largest absolute Gasteiger partial charge is 0.416 e. The van der Waals surface area contributed by atoms with Gasteiger partial charge >= 0.3 is 6.18 Å². The number of aliphatic hydroxyl groups excluding tert-OH is 1. The molecular weight excluding hydrogens is 519 g/mol. The summed E-state index contributed by atoms with van der Waals surface area (Å²) in [5, 5.41) is 15.1. The van der Waals surface area contributed by atoms with Gasteiger partial charge in [-0.15, -0.1) is 0 Å². The molecule has 1 aromatic carbocycles. The Morgan fingerprint density at radius 3 is 2.77 bits per heavy atom. The van der Waals surface area contributed by atoms with Gasteiger partial charge in [-0.05, 0) is 82.1 Å². The molecule has 0 saturated heterocycles. The Balaban J connectivity index is 1.01. The van der Waals surface area contributed by atoms with Crippen LogP contribution >= 0.6 is 0 Å². The minimum absolute atomic E-state index is 0.382. The summed E-state index contributed by atoms with van der Waals surface area (Å²) in [6.45, 7) is 3.41. The Kier molecular flexibility index (Phi) is 7.43. The molecule has 3 N–H and O–H groups in total. The molecule has 2 aliphatic carbocycles. The van der Waals surface area contributed by atoms with Gasteiger partial charge in [-0.25, -0.2) is 15.0 Å². The molecule has 6 rings (SSSR count). The normalized spacial score (nSPS) is 20.6. The second-order valence-electron chi connectivity index (χ2n) is 11.4. The molecule has 40 heavy (non-hydrogen) atoms. The number of unbranched alkanes of at least 4 members (excludes halogenated alkanes) is 1. The fraction of sp³-hybridized carbons (Fsp3) is 0.552. The number of benzene rings is 1. The van der Waals surface area contributed by atoms with Crippen LogP contribution in [0.5, 0.6) is 0 Å². The van der Waals surface area contributed by atoms with Crippen molar-refractivity contribution < 1.29 is 18.3 Å². The van der Waals surface area contributed by atoms with Crippen LogP contribution in [0, 0.1) is 5.92 Å². The van der Waals surface area contributed by atoms with Crippen LogP contribution in [0.3, 0.4) is 0 Å². The fourth-order valence-corrected chi connectivity index (χ4v) is 6.00. The third-order valence-electron chi connectivity index (χ3n) is 8.32. The minimum atomic E-state index is -4.37. The van der Waals surface area contributed by atoms with E-state index >= 15 is 0 Å². The van der Waals surface area contributed by atoms with E-state index in [4.69, 9.17) is 0 Å². The maximum Gasteiger partial charge on any atom is 0.416 e. The first-order valence-electron chi connectivity index (χ1n) is 14.3. The number of nitrogens with zero attached hydrogens (tertiary/aromatic N) is 5. The van der Waals surface area contributed by atoms with E-state index in [0.717, 1.165) is 74.2 Å². The highest BCUT2D eigenvalue weighted by Crippen LogP contribution is 2.38. The first-order chi connectivity index (χ1) is 19.2. The van der Waals surface area contributed by atoms with Crippen molar-refractivity contribution >= 4 is 27.9 Å². The number of aromatic amines is 1. The Morgan fingerprint density at radius 1 is 1.15 bits per heavy atom. The number of aromatic nitrogens is 5. The van der Waals surface area contributed by atoms with E-state index in [0.29, 0.717) is 41.3 Å². The van der Waals surface area contributed by atoms with Crippen LogP contribution in [0.25, 0.3) is 22.1 Å². The Labute approximate surface area is 231 Å². The molecule has 3 atom stereocenters. The number of hydrogen-bond donors (Lipinski definition) is 3. The summed E-state index contributed by atoms with van der Waals surface area (Å²) in [6.07, 6.45) is 6.84. The molecule has 2 aliphatic rings. The first kappa shape index (κ1) is 27.0. The summed E-state index contributed by atoms with van der Waals surface area (Å²) in [6, 6.07) is 6.63. The fourth-order valence-electron chi connectivity index (χ4n) is 6.00. The second-order valence-corrected chi connectivity index (χ2v) is 11.4. The maximum absolute atomic E-state index is 13.0. The Hall–Kier alpha value is -3.18. The van der Waals surface area contributed by atoms with Gasteiger partial charge in [0.25, 0.3) is 0 Å². The van der Waals surface area contributed by atoms with Crippen molar-refractivity contribution in [1.29, 1.82) is 0 Å². The van der Waals surface area contributed by atoms with Crippen molar-refractivity contribution in [3.63, 3.8) is 0 Å². The molecule has 3 aromatic heterocycles. The molecule has 1 unspecified atom stereocenters. The third-order valence-corrected chi connectivity index (χ3v) is 8.32. The lowest BCUT2D eigenvalue weighted by Crippen LogP contribution is -2.37. The molecule has 214 valence electrons. The number of anilines is 1. The lowest BCUT2D eigenvalue weighted by Gasteiger charge is -2.28. The van der Waals surface area contributed by atoms with Gasteiger partial charge < -0.3 is 20.0 Å². The van der Waals surface area contributed by atoms with E-state index in [-0.39, 0.29) is 0 Å². The number of aryl methyl sites for hydroxylation is 1. The van der Waals surface area contributed by atoms with E-state index < -0.39 is 18.0 Å². The molecule has 3 heterocycles. The number of halogens is 3. The molecule has 8 nitrogen and oxygen atoms in total. The molecule has 0 amide bonds. The van der Waals surface area contributed by atoms with Crippen molar-refractivity contribution in [1.82, 2.24) is 29.4 Å². The zero-order chi connectivity index (χ0) is 27.9. The molecule has 2 saturated carbocycles. The molecule has 0 bridgehead atoms. The van der Waals surface area contributed by atoms with Crippen molar-refractivity contribution in [2.45, 2.75) is 82.8 Å². The summed E-state index contributed by atoms with van der Waals surface area (Å²) < 4.78 is 41.3. The van der Waals surface area contributed by atoms with Crippen LogP contribution < -0.4 is 5.32 Å². The van der Waals surface area contributed by atoms with Gasteiger partial charge in [0, 0.05) is 37.8 Å². The van der Waals surface area contributed by atoms with Gasteiger partial charge in [-0.1, -0.05) is 0 Å². The van der Waals surface area contributed by atoms with Crippen LogP contribution in [0.15, 0.2) is 36.8 Å². The minimum Gasteiger partial charge on any atom is -0.379 e. The van der Waals surface area contributed by atoms with Gasteiger partial charge in [-0.3, -0.25) is 4.90 Å². The van der Waals surface area contributed by atoms with Crippen LogP contribution in [0.2, 0.25) is 0 Å². The standard InChI is InChI=1S/C29H36F3N7O/c1-18(40)38(12-3-2-4-26-36-24-10-6-20(29(30,31)32)15-25(24)37-26)16-19-5-9-22(14-19)39-13-11-23-27(35-21-7-8-21)33-17-34-28(23)39/h6,10-11,13,15,17-19,21-22,40H,2-5,7-9,12,14,16H2,1H3,(H,36,37)(H,33,34,35)/t18?,19-,22+/m1/s1. The van der Waals surface area contributed by atoms with Crippen LogP contribution in [0.4, 0.5) is 19.0 Å². The first-order valence-corrected chi connectivity index (χ1v) is 14.3. The lowest BCUT2D eigenvalue weighted by molar-refractivity contribution is -0.137. The van der Waals surface area contributed by atoms with Gasteiger partial charge in [0.1, 0.15) is 29.8 Å². The summed E-state index contributed by atoms with van der Waals surface area (Å²) in [5.74, 6) is 2.10. The van der Waals surface area contributed by atoms with Crippen molar-refractivity contribution in [3.8, 4) is 0 Å². The highest BCUT2D eigenvalue weighted by Gasteiger charge is 2.31. The molecule has 2 fully saturated rings. The molecular formula is C29H36F3N7O.